The van der Waals surface area contributed by atoms with Gasteiger partial charge in [0.2, 0.25) is 0 Å². The topological polar surface area (TPSA) is 92.9 Å². The summed E-state index contributed by atoms with van der Waals surface area (Å²) in [5.74, 6) is 0.172. The minimum atomic E-state index is -0.499. The first-order chi connectivity index (χ1) is 11.2. The number of nitrogens with zero attached hydrogens (tertiary/aromatic N) is 1. The quantitative estimate of drug-likeness (QED) is 0.800. The molecule has 0 spiro atoms. The number of H-pyrrole nitrogens is 1. The summed E-state index contributed by atoms with van der Waals surface area (Å²) in [6.45, 7) is 8.91. The minimum absolute atomic E-state index is 0.0479. The highest BCUT2D eigenvalue weighted by Gasteiger charge is 2.65. The molecule has 0 unspecified atom stereocenters. The Kier molecular flexibility index (Phi) is 3.59. The smallest absolute Gasteiger partial charge is 0.330 e. The number of benzene rings is 1. The van der Waals surface area contributed by atoms with Crippen LogP contribution in [0.25, 0.3) is 0 Å². The van der Waals surface area contributed by atoms with Crippen molar-refractivity contribution in [2.45, 2.75) is 40.3 Å². The number of hydrogen-bond acceptors (Lipinski definition) is 4. The average Bonchev–Trinajstić information content (AvgIpc) is 2.90. The van der Waals surface area contributed by atoms with Gasteiger partial charge in [-0.3, -0.25) is 14.3 Å². The zero-order chi connectivity index (χ0) is 17.7. The molecule has 0 bridgehead atoms. The van der Waals surface area contributed by atoms with Crippen LogP contribution in [0.2, 0.25) is 0 Å². The van der Waals surface area contributed by atoms with Gasteiger partial charge in [-0.25, -0.2) is 4.79 Å². The first kappa shape index (κ1) is 16.4. The van der Waals surface area contributed by atoms with Crippen molar-refractivity contribution in [3.8, 4) is 0 Å². The van der Waals surface area contributed by atoms with Gasteiger partial charge in [-0.2, -0.15) is 0 Å². The molecule has 6 heteroatoms. The lowest BCUT2D eigenvalue weighted by molar-refractivity contribution is 0.457. The number of anilines is 2. The van der Waals surface area contributed by atoms with Crippen LogP contribution < -0.4 is 22.3 Å². The molecule has 1 aromatic heterocycles. The SMILES string of the molecule is CC1(C)C(Nc2c(N)n(Cc3ccccc3)c(=O)[nH]c2=O)C1(C)C. The maximum absolute atomic E-state index is 12.2. The van der Waals surface area contributed by atoms with Crippen LogP contribution in [0, 0.1) is 10.8 Å². The first-order valence-corrected chi connectivity index (χ1v) is 8.09. The Bertz CT molecular complexity index is 864. The fourth-order valence-corrected chi connectivity index (χ4v) is 3.35. The molecule has 0 aliphatic heterocycles. The molecule has 24 heavy (non-hydrogen) atoms. The van der Waals surface area contributed by atoms with Gasteiger partial charge in [-0.1, -0.05) is 58.0 Å². The summed E-state index contributed by atoms with van der Waals surface area (Å²) in [6, 6.07) is 9.66. The van der Waals surface area contributed by atoms with Crippen LogP contribution in [-0.4, -0.2) is 15.6 Å². The second-order valence-electron chi connectivity index (χ2n) is 7.61. The molecule has 128 valence electrons. The second-order valence-corrected chi connectivity index (χ2v) is 7.61. The molecular formula is C18H24N4O2. The normalized spacial score (nSPS) is 18.3. The summed E-state index contributed by atoms with van der Waals surface area (Å²) in [6.07, 6.45) is 0. The molecule has 1 heterocycles. The van der Waals surface area contributed by atoms with Crippen molar-refractivity contribution in [3.63, 3.8) is 0 Å². The third kappa shape index (κ3) is 2.42. The van der Waals surface area contributed by atoms with E-state index in [4.69, 9.17) is 5.73 Å². The summed E-state index contributed by atoms with van der Waals surface area (Å²) >= 11 is 0. The molecule has 2 aromatic rings. The predicted octanol–water partition coefficient (Wildman–Crippen LogP) is 2.01. The van der Waals surface area contributed by atoms with Crippen LogP contribution in [0.15, 0.2) is 39.9 Å². The van der Waals surface area contributed by atoms with Crippen molar-refractivity contribution >= 4 is 11.5 Å². The van der Waals surface area contributed by atoms with E-state index in [1.807, 2.05) is 30.3 Å². The molecule has 0 atom stereocenters. The number of aromatic nitrogens is 2. The van der Waals surface area contributed by atoms with Gasteiger partial charge in [0.05, 0.1) is 6.54 Å². The van der Waals surface area contributed by atoms with E-state index in [0.29, 0.717) is 6.54 Å². The van der Waals surface area contributed by atoms with Crippen LogP contribution >= 0.6 is 0 Å². The fraction of sp³-hybridized carbons (Fsp3) is 0.444. The molecule has 6 nitrogen and oxygen atoms in total. The highest BCUT2D eigenvalue weighted by atomic mass is 16.2. The van der Waals surface area contributed by atoms with Gasteiger partial charge in [-0.05, 0) is 16.4 Å². The minimum Gasteiger partial charge on any atom is -0.383 e. The van der Waals surface area contributed by atoms with Gasteiger partial charge in [0.15, 0.2) is 0 Å². The number of nitrogens with two attached hydrogens (primary N) is 1. The van der Waals surface area contributed by atoms with Crippen molar-refractivity contribution in [1.82, 2.24) is 9.55 Å². The van der Waals surface area contributed by atoms with E-state index in [2.05, 4.69) is 38.0 Å². The molecule has 1 fully saturated rings. The summed E-state index contributed by atoms with van der Waals surface area (Å²) in [7, 11) is 0. The van der Waals surface area contributed by atoms with Crippen LogP contribution in [0.4, 0.5) is 11.5 Å². The monoisotopic (exact) mass is 328 g/mol. The van der Waals surface area contributed by atoms with Crippen molar-refractivity contribution in [1.29, 1.82) is 0 Å². The molecule has 1 aliphatic rings. The molecule has 0 amide bonds. The molecule has 0 radical (unpaired) electrons. The first-order valence-electron chi connectivity index (χ1n) is 8.09. The Balaban J connectivity index is 1.98. The highest BCUT2D eigenvalue weighted by molar-refractivity contribution is 5.62. The van der Waals surface area contributed by atoms with Gasteiger partial charge < -0.3 is 11.1 Å². The third-order valence-electron chi connectivity index (χ3n) is 5.73. The summed E-state index contributed by atoms with van der Waals surface area (Å²) < 4.78 is 1.39. The van der Waals surface area contributed by atoms with Crippen molar-refractivity contribution in [2.75, 3.05) is 11.1 Å². The summed E-state index contributed by atoms with van der Waals surface area (Å²) in [5, 5.41) is 3.26. The number of aromatic amines is 1. The molecular weight excluding hydrogens is 304 g/mol. The standard InChI is InChI=1S/C18H24N4O2/c1-17(2)15(18(17,3)4)20-12-13(19)22(16(24)21-14(12)23)10-11-8-6-5-7-9-11/h5-9,15,20H,10,19H2,1-4H3,(H,21,23,24). The highest BCUT2D eigenvalue weighted by Crippen LogP contribution is 2.63. The van der Waals surface area contributed by atoms with Crippen LogP contribution in [0.1, 0.15) is 33.3 Å². The number of nitrogen functional groups attached to an aromatic ring is 1. The van der Waals surface area contributed by atoms with Crippen LogP contribution in [0.3, 0.4) is 0 Å². The molecule has 1 saturated carbocycles. The van der Waals surface area contributed by atoms with E-state index in [1.54, 1.807) is 0 Å². The van der Waals surface area contributed by atoms with Crippen molar-refractivity contribution < 1.29 is 0 Å². The lowest BCUT2D eigenvalue weighted by Gasteiger charge is -2.15. The number of rotatable bonds is 4. The lowest BCUT2D eigenvalue weighted by atomic mass is 10.0. The third-order valence-corrected chi connectivity index (χ3v) is 5.73. The maximum Gasteiger partial charge on any atom is 0.330 e. The zero-order valence-corrected chi connectivity index (χ0v) is 14.5. The maximum atomic E-state index is 12.2. The van der Waals surface area contributed by atoms with Gasteiger partial charge >= 0.3 is 5.69 Å². The largest absolute Gasteiger partial charge is 0.383 e. The van der Waals surface area contributed by atoms with E-state index in [1.165, 1.54) is 4.57 Å². The Labute approximate surface area is 140 Å². The van der Waals surface area contributed by atoms with E-state index in [0.717, 1.165) is 5.56 Å². The van der Waals surface area contributed by atoms with Gasteiger partial charge in [0, 0.05) is 6.04 Å². The Morgan fingerprint density at radius 3 is 2.25 bits per heavy atom. The Morgan fingerprint density at radius 1 is 1.12 bits per heavy atom. The second kappa shape index (κ2) is 5.26. The fourth-order valence-electron chi connectivity index (χ4n) is 3.35. The number of nitrogens with one attached hydrogen (secondary N) is 2. The Morgan fingerprint density at radius 2 is 1.71 bits per heavy atom. The van der Waals surface area contributed by atoms with Crippen LogP contribution in [0.5, 0.6) is 0 Å². The van der Waals surface area contributed by atoms with E-state index >= 15 is 0 Å². The zero-order valence-electron chi connectivity index (χ0n) is 14.5. The van der Waals surface area contributed by atoms with Crippen LogP contribution in [-0.2, 0) is 6.54 Å². The van der Waals surface area contributed by atoms with E-state index in [9.17, 15) is 9.59 Å². The van der Waals surface area contributed by atoms with Crippen molar-refractivity contribution in [3.05, 3.63) is 56.7 Å². The molecule has 3 rings (SSSR count). The average molecular weight is 328 g/mol. The molecule has 1 aromatic carbocycles. The lowest BCUT2D eigenvalue weighted by Crippen LogP contribution is -2.35. The molecule has 1 aliphatic carbocycles. The van der Waals surface area contributed by atoms with E-state index in [-0.39, 0.29) is 28.4 Å². The Hall–Kier alpha value is -2.50. The molecule has 0 saturated heterocycles. The molecule has 4 N–H and O–H groups in total. The van der Waals surface area contributed by atoms with Crippen molar-refractivity contribution in [2.24, 2.45) is 10.8 Å². The predicted molar refractivity (Wildman–Crippen MR) is 96.3 cm³/mol. The summed E-state index contributed by atoms with van der Waals surface area (Å²) in [5.41, 5.74) is 6.50. The summed E-state index contributed by atoms with van der Waals surface area (Å²) in [4.78, 5) is 26.8. The van der Waals surface area contributed by atoms with Gasteiger partial charge in [0.1, 0.15) is 11.5 Å². The van der Waals surface area contributed by atoms with E-state index < -0.39 is 11.2 Å². The number of hydrogen-bond donors (Lipinski definition) is 3. The van der Waals surface area contributed by atoms with Gasteiger partial charge in [-0.15, -0.1) is 0 Å². The van der Waals surface area contributed by atoms with Gasteiger partial charge in [0.25, 0.3) is 5.56 Å².